The topological polar surface area (TPSA) is 40.4 Å². The minimum atomic E-state index is 0.677. The Hall–Kier alpha value is -0.550. The lowest BCUT2D eigenvalue weighted by molar-refractivity contribution is -0.659. The molecular weight excluding hydrogens is 124 g/mol. The molecule has 0 fully saturated rings. The first kappa shape index (κ1) is 9.45. The molecule has 1 unspecified atom stereocenters. The first-order valence-electron chi connectivity index (χ1n) is 3.99. The van der Waals surface area contributed by atoms with E-state index in [1.54, 1.807) is 0 Å². The van der Waals surface area contributed by atoms with Gasteiger partial charge in [0, 0.05) is 5.92 Å². The van der Waals surface area contributed by atoms with Gasteiger partial charge < -0.3 is 5.32 Å². The zero-order valence-corrected chi connectivity index (χ0v) is 6.93. The number of nitriles is 1. The molecule has 0 aliphatic carbocycles. The van der Waals surface area contributed by atoms with Gasteiger partial charge in [-0.3, -0.25) is 0 Å². The number of hydrogen-bond donors (Lipinski definition) is 1. The van der Waals surface area contributed by atoms with Crippen molar-refractivity contribution < 1.29 is 5.32 Å². The third-order valence-electron chi connectivity index (χ3n) is 1.73. The summed E-state index contributed by atoms with van der Waals surface area (Å²) < 4.78 is 0. The summed E-state index contributed by atoms with van der Waals surface area (Å²) in [6, 6.07) is 2.13. The summed E-state index contributed by atoms with van der Waals surface area (Å²) in [7, 11) is 0. The van der Waals surface area contributed by atoms with Crippen molar-refractivity contribution >= 4 is 0 Å². The maximum absolute atomic E-state index is 8.22. The van der Waals surface area contributed by atoms with Crippen LogP contribution in [0.5, 0.6) is 0 Å². The highest BCUT2D eigenvalue weighted by atomic mass is 14.8. The fourth-order valence-corrected chi connectivity index (χ4v) is 0.736. The first-order chi connectivity index (χ1) is 4.81. The second kappa shape index (κ2) is 6.57. The van der Waals surface area contributed by atoms with Gasteiger partial charge in [-0.2, -0.15) is 5.26 Å². The summed E-state index contributed by atoms with van der Waals surface area (Å²) in [6.07, 6.45) is 1.92. The number of rotatable bonds is 5. The molecule has 10 heavy (non-hydrogen) atoms. The minimum absolute atomic E-state index is 0.677. The predicted molar refractivity (Wildman–Crippen MR) is 41.3 cm³/mol. The molecular formula is C8H17N2+. The summed E-state index contributed by atoms with van der Waals surface area (Å²) in [5.41, 5.74) is 0. The van der Waals surface area contributed by atoms with Crippen LogP contribution in [0, 0.1) is 17.2 Å². The Balaban J connectivity index is 2.98. The van der Waals surface area contributed by atoms with Gasteiger partial charge >= 0.3 is 0 Å². The maximum Gasteiger partial charge on any atom is 0.0887 e. The van der Waals surface area contributed by atoms with Gasteiger partial charge in [0.15, 0.2) is 0 Å². The first-order valence-corrected chi connectivity index (χ1v) is 3.99. The Morgan fingerprint density at radius 1 is 1.60 bits per heavy atom. The lowest BCUT2D eigenvalue weighted by atomic mass is 10.1. The van der Waals surface area contributed by atoms with E-state index in [1.807, 2.05) is 0 Å². The van der Waals surface area contributed by atoms with Crippen molar-refractivity contribution in [2.45, 2.75) is 26.7 Å². The van der Waals surface area contributed by atoms with Crippen LogP contribution in [0.2, 0.25) is 0 Å². The Kier molecular flexibility index (Phi) is 6.21. The van der Waals surface area contributed by atoms with E-state index in [0.29, 0.717) is 6.42 Å². The molecule has 0 aromatic rings. The molecule has 2 heteroatoms. The molecule has 2 nitrogen and oxygen atoms in total. The zero-order valence-electron chi connectivity index (χ0n) is 6.93. The average molecular weight is 141 g/mol. The van der Waals surface area contributed by atoms with Gasteiger partial charge in [0.1, 0.15) is 0 Å². The minimum Gasteiger partial charge on any atom is -0.345 e. The molecule has 0 rings (SSSR count). The van der Waals surface area contributed by atoms with Crippen LogP contribution in [0.15, 0.2) is 0 Å². The van der Waals surface area contributed by atoms with Crippen LogP contribution in [-0.4, -0.2) is 13.1 Å². The van der Waals surface area contributed by atoms with Crippen molar-refractivity contribution in [2.24, 2.45) is 5.92 Å². The van der Waals surface area contributed by atoms with E-state index >= 15 is 0 Å². The molecule has 0 saturated heterocycles. The van der Waals surface area contributed by atoms with Crippen molar-refractivity contribution in [1.82, 2.24) is 0 Å². The van der Waals surface area contributed by atoms with Gasteiger partial charge in [-0.15, -0.1) is 0 Å². The highest BCUT2D eigenvalue weighted by Crippen LogP contribution is 1.93. The second-order valence-electron chi connectivity index (χ2n) is 2.73. The van der Waals surface area contributed by atoms with Gasteiger partial charge in [0.25, 0.3) is 0 Å². The van der Waals surface area contributed by atoms with Crippen LogP contribution in [0.25, 0.3) is 0 Å². The molecule has 0 aromatic carbocycles. The number of hydrogen-bond acceptors (Lipinski definition) is 1. The summed E-state index contributed by atoms with van der Waals surface area (Å²) in [6.45, 7) is 6.56. The molecule has 1 atom stereocenters. The average Bonchev–Trinajstić information content (AvgIpc) is 1.98. The fourth-order valence-electron chi connectivity index (χ4n) is 0.736. The van der Waals surface area contributed by atoms with E-state index < -0.39 is 0 Å². The highest BCUT2D eigenvalue weighted by molar-refractivity contribution is 4.65. The SMILES string of the molecule is CCC(C)C[NH2+]CCC#N. The van der Waals surface area contributed by atoms with E-state index in [9.17, 15) is 0 Å². The normalized spacial score (nSPS) is 12.5. The maximum atomic E-state index is 8.22. The van der Waals surface area contributed by atoms with Gasteiger partial charge in [-0.1, -0.05) is 13.8 Å². The van der Waals surface area contributed by atoms with Crippen molar-refractivity contribution in [1.29, 1.82) is 5.26 Å². The van der Waals surface area contributed by atoms with E-state index in [2.05, 4.69) is 25.2 Å². The summed E-state index contributed by atoms with van der Waals surface area (Å²) >= 11 is 0. The number of nitrogens with two attached hydrogens (primary N) is 1. The van der Waals surface area contributed by atoms with E-state index in [1.165, 1.54) is 6.42 Å². The number of quaternary nitrogens is 1. The standard InChI is InChI=1S/C8H16N2/c1-3-8(2)7-10-6-4-5-9/h8,10H,3-4,6-7H2,1-2H3/p+1. The van der Waals surface area contributed by atoms with E-state index in [-0.39, 0.29) is 0 Å². The van der Waals surface area contributed by atoms with Crippen LogP contribution in [0.4, 0.5) is 0 Å². The van der Waals surface area contributed by atoms with E-state index in [4.69, 9.17) is 5.26 Å². The summed E-state index contributed by atoms with van der Waals surface area (Å²) in [4.78, 5) is 0. The van der Waals surface area contributed by atoms with Gasteiger partial charge in [0.05, 0.1) is 25.6 Å². The zero-order chi connectivity index (χ0) is 7.82. The van der Waals surface area contributed by atoms with Crippen LogP contribution in [0.3, 0.4) is 0 Å². The van der Waals surface area contributed by atoms with Crippen molar-refractivity contribution in [3.05, 3.63) is 0 Å². The molecule has 0 aliphatic heterocycles. The quantitative estimate of drug-likeness (QED) is 0.557. The summed E-state index contributed by atoms with van der Waals surface area (Å²) in [5.74, 6) is 0.790. The molecule has 0 aliphatic rings. The Morgan fingerprint density at radius 3 is 2.80 bits per heavy atom. The third-order valence-corrected chi connectivity index (χ3v) is 1.73. The van der Waals surface area contributed by atoms with Gasteiger partial charge in [0.2, 0.25) is 0 Å². The van der Waals surface area contributed by atoms with E-state index in [0.717, 1.165) is 19.0 Å². The molecule has 0 bridgehead atoms. The lowest BCUT2D eigenvalue weighted by Gasteiger charge is -2.04. The fraction of sp³-hybridized carbons (Fsp3) is 0.875. The molecule has 58 valence electrons. The summed E-state index contributed by atoms with van der Waals surface area (Å²) in [5, 5.41) is 10.4. The van der Waals surface area contributed by atoms with Crippen LogP contribution in [-0.2, 0) is 0 Å². The highest BCUT2D eigenvalue weighted by Gasteiger charge is 1.98. The third kappa shape index (κ3) is 5.58. The molecule has 0 heterocycles. The van der Waals surface area contributed by atoms with Crippen molar-refractivity contribution in [3.8, 4) is 6.07 Å². The van der Waals surface area contributed by atoms with Crippen LogP contribution >= 0.6 is 0 Å². The lowest BCUT2D eigenvalue weighted by Crippen LogP contribution is -2.85. The molecule has 0 amide bonds. The van der Waals surface area contributed by atoms with Gasteiger partial charge in [-0.05, 0) is 6.42 Å². The monoisotopic (exact) mass is 141 g/mol. The Labute approximate surface area is 63.2 Å². The molecule has 0 aromatic heterocycles. The predicted octanol–water partition coefficient (Wildman–Crippen LogP) is 0.510. The number of nitrogens with zero attached hydrogens (tertiary/aromatic N) is 1. The molecule has 0 radical (unpaired) electrons. The van der Waals surface area contributed by atoms with Gasteiger partial charge in [-0.25, -0.2) is 0 Å². The second-order valence-corrected chi connectivity index (χ2v) is 2.73. The largest absolute Gasteiger partial charge is 0.345 e. The Morgan fingerprint density at radius 2 is 2.30 bits per heavy atom. The van der Waals surface area contributed by atoms with Crippen molar-refractivity contribution in [3.63, 3.8) is 0 Å². The molecule has 0 saturated carbocycles. The smallest absolute Gasteiger partial charge is 0.0887 e. The Bertz CT molecular complexity index is 104. The van der Waals surface area contributed by atoms with Crippen LogP contribution < -0.4 is 5.32 Å². The molecule has 0 spiro atoms. The molecule has 2 N–H and O–H groups in total. The van der Waals surface area contributed by atoms with Crippen LogP contribution in [0.1, 0.15) is 26.7 Å². The van der Waals surface area contributed by atoms with Crippen molar-refractivity contribution in [2.75, 3.05) is 13.1 Å².